The van der Waals surface area contributed by atoms with Crippen LogP contribution in [0.4, 0.5) is 14.9 Å². The molecule has 190 valence electrons. The Morgan fingerprint density at radius 3 is 2.67 bits per heavy atom. The van der Waals surface area contributed by atoms with Crippen molar-refractivity contribution in [1.29, 1.82) is 0 Å². The zero-order valence-corrected chi connectivity index (χ0v) is 20.7. The predicted octanol–water partition coefficient (Wildman–Crippen LogP) is 3.59. The minimum absolute atomic E-state index is 0.205. The number of amides is 1. The Morgan fingerprint density at radius 2 is 1.89 bits per heavy atom. The molecule has 1 aromatic heterocycles. The van der Waals surface area contributed by atoms with E-state index >= 15 is 0 Å². The van der Waals surface area contributed by atoms with Gasteiger partial charge in [0.25, 0.3) is 5.56 Å². The molecule has 8 nitrogen and oxygen atoms in total. The summed E-state index contributed by atoms with van der Waals surface area (Å²) in [7, 11) is 2.12. The summed E-state index contributed by atoms with van der Waals surface area (Å²) in [5, 5.41) is 7.16. The highest BCUT2D eigenvalue weighted by atomic mass is 19.1. The number of rotatable bonds is 8. The maximum atomic E-state index is 14.0. The van der Waals surface area contributed by atoms with Gasteiger partial charge in [0.2, 0.25) is 0 Å². The lowest BCUT2D eigenvalue weighted by molar-refractivity contribution is 0.130. The first-order valence-corrected chi connectivity index (χ1v) is 12.2. The molecule has 1 fully saturated rings. The Balaban J connectivity index is 1.32. The van der Waals surface area contributed by atoms with E-state index in [9.17, 15) is 14.0 Å². The van der Waals surface area contributed by atoms with Gasteiger partial charge in [-0.15, -0.1) is 0 Å². The van der Waals surface area contributed by atoms with E-state index < -0.39 is 6.09 Å². The van der Waals surface area contributed by atoms with E-state index in [1.807, 2.05) is 6.07 Å². The number of piperazine rings is 1. The quantitative estimate of drug-likeness (QED) is 0.483. The minimum atomic E-state index is -0.510. The van der Waals surface area contributed by atoms with Crippen molar-refractivity contribution >= 4 is 11.8 Å². The SMILES string of the molecule is Cc1ccc(-c2ccc(=O)n(Cc3cccc(NC(=O)OCCCN4CCN(C)CC4)c3)n2)cc1F. The van der Waals surface area contributed by atoms with Gasteiger partial charge < -0.3 is 14.5 Å². The van der Waals surface area contributed by atoms with Crippen LogP contribution in [-0.4, -0.2) is 72.1 Å². The Hall–Kier alpha value is -3.56. The van der Waals surface area contributed by atoms with Gasteiger partial charge in [-0.2, -0.15) is 5.10 Å². The van der Waals surface area contributed by atoms with Crippen molar-refractivity contribution in [2.45, 2.75) is 19.9 Å². The molecular weight excluding hydrogens is 461 g/mol. The van der Waals surface area contributed by atoms with Gasteiger partial charge in [0.1, 0.15) is 5.82 Å². The molecule has 0 aliphatic carbocycles. The van der Waals surface area contributed by atoms with Gasteiger partial charge in [-0.3, -0.25) is 10.1 Å². The van der Waals surface area contributed by atoms with Crippen LogP contribution in [-0.2, 0) is 11.3 Å². The third-order valence-electron chi connectivity index (χ3n) is 6.29. The highest BCUT2D eigenvalue weighted by Crippen LogP contribution is 2.19. The molecule has 0 spiro atoms. The first kappa shape index (κ1) is 25.5. The lowest BCUT2D eigenvalue weighted by Crippen LogP contribution is -2.44. The van der Waals surface area contributed by atoms with Gasteiger partial charge in [0, 0.05) is 50.0 Å². The minimum Gasteiger partial charge on any atom is -0.449 e. The third kappa shape index (κ3) is 6.99. The fraction of sp³-hybridized carbons (Fsp3) is 0.370. The van der Waals surface area contributed by atoms with Crippen LogP contribution in [0.15, 0.2) is 59.4 Å². The highest BCUT2D eigenvalue weighted by Gasteiger charge is 2.13. The van der Waals surface area contributed by atoms with Gasteiger partial charge in [0.15, 0.2) is 0 Å². The van der Waals surface area contributed by atoms with E-state index in [0.29, 0.717) is 29.1 Å². The first-order chi connectivity index (χ1) is 17.4. The molecule has 36 heavy (non-hydrogen) atoms. The maximum Gasteiger partial charge on any atom is 0.411 e. The third-order valence-corrected chi connectivity index (χ3v) is 6.29. The van der Waals surface area contributed by atoms with Gasteiger partial charge in [0.05, 0.1) is 18.8 Å². The molecule has 1 aliphatic rings. The number of aromatic nitrogens is 2. The topological polar surface area (TPSA) is 79.7 Å². The summed E-state index contributed by atoms with van der Waals surface area (Å²) in [5.74, 6) is -0.322. The molecule has 1 N–H and O–H groups in total. The second kappa shape index (κ2) is 11.9. The Morgan fingerprint density at radius 1 is 1.08 bits per heavy atom. The fourth-order valence-electron chi connectivity index (χ4n) is 4.07. The second-order valence-corrected chi connectivity index (χ2v) is 9.14. The molecule has 0 atom stereocenters. The summed E-state index contributed by atoms with van der Waals surface area (Å²) in [6.07, 6.45) is 0.275. The largest absolute Gasteiger partial charge is 0.449 e. The number of nitrogens with one attached hydrogen (secondary N) is 1. The number of carbonyl (C=O) groups excluding carboxylic acids is 1. The van der Waals surface area contributed by atoms with Crippen molar-refractivity contribution in [2.24, 2.45) is 0 Å². The predicted molar refractivity (Wildman–Crippen MR) is 138 cm³/mol. The van der Waals surface area contributed by atoms with E-state index in [4.69, 9.17) is 4.74 Å². The molecule has 1 saturated heterocycles. The van der Waals surface area contributed by atoms with Crippen molar-refractivity contribution in [3.05, 3.63) is 81.9 Å². The number of halogens is 1. The van der Waals surface area contributed by atoms with Crippen molar-refractivity contribution in [2.75, 3.05) is 51.7 Å². The summed E-state index contributed by atoms with van der Waals surface area (Å²) in [6, 6.07) is 15.0. The molecule has 9 heteroatoms. The van der Waals surface area contributed by atoms with Gasteiger partial charge in [-0.05, 0) is 55.8 Å². The normalized spacial score (nSPS) is 14.5. The Labute approximate surface area is 210 Å². The molecule has 3 aromatic rings. The standard InChI is InChI=1S/C27H32FN5O3/c1-20-7-8-22(18-24(20)28)25-9-10-26(34)33(30-25)19-21-5-3-6-23(17-21)29-27(35)36-16-4-11-32-14-12-31(2)13-15-32/h3,5-10,17-18H,4,11-16,19H2,1-2H3,(H,29,35). The number of ether oxygens (including phenoxy) is 1. The van der Waals surface area contributed by atoms with Gasteiger partial charge >= 0.3 is 6.09 Å². The number of nitrogens with zero attached hydrogens (tertiary/aromatic N) is 4. The summed E-state index contributed by atoms with van der Waals surface area (Å²) < 4.78 is 20.6. The second-order valence-electron chi connectivity index (χ2n) is 9.14. The molecule has 2 heterocycles. The van der Waals surface area contributed by atoms with Gasteiger partial charge in [-0.25, -0.2) is 13.9 Å². The van der Waals surface area contributed by atoms with Crippen molar-refractivity contribution in [3.63, 3.8) is 0 Å². The number of benzene rings is 2. The molecule has 0 unspecified atom stereocenters. The number of anilines is 1. The van der Waals surface area contributed by atoms with Crippen LogP contribution in [0.5, 0.6) is 0 Å². The summed E-state index contributed by atoms with van der Waals surface area (Å²) in [5.41, 5.74) is 2.72. The lowest BCUT2D eigenvalue weighted by atomic mass is 10.1. The number of hydrogen-bond acceptors (Lipinski definition) is 6. The lowest BCUT2D eigenvalue weighted by Gasteiger charge is -2.32. The van der Waals surface area contributed by atoms with E-state index in [1.165, 1.54) is 16.8 Å². The maximum absolute atomic E-state index is 14.0. The molecular formula is C27H32FN5O3. The molecule has 1 amide bonds. The van der Waals surface area contributed by atoms with Crippen LogP contribution in [0, 0.1) is 12.7 Å². The Kier molecular flexibility index (Phi) is 8.45. The zero-order valence-electron chi connectivity index (χ0n) is 20.7. The van der Waals surface area contributed by atoms with Crippen LogP contribution < -0.4 is 10.9 Å². The summed E-state index contributed by atoms with van der Waals surface area (Å²) >= 11 is 0. The van der Waals surface area contributed by atoms with E-state index in [-0.39, 0.29) is 17.9 Å². The number of aryl methyl sites for hydroxylation is 1. The monoisotopic (exact) mass is 493 g/mol. The number of likely N-dealkylation sites (N-methyl/N-ethyl adjacent to an activating group) is 1. The first-order valence-electron chi connectivity index (χ1n) is 12.2. The van der Waals surface area contributed by atoms with Crippen LogP contribution >= 0.6 is 0 Å². The van der Waals surface area contributed by atoms with Crippen LogP contribution in [0.3, 0.4) is 0 Å². The molecule has 2 aromatic carbocycles. The Bertz CT molecular complexity index is 1250. The molecule has 4 rings (SSSR count). The number of hydrogen-bond donors (Lipinski definition) is 1. The molecule has 1 aliphatic heterocycles. The molecule has 0 bridgehead atoms. The average molecular weight is 494 g/mol. The van der Waals surface area contributed by atoms with Crippen LogP contribution in [0.2, 0.25) is 0 Å². The van der Waals surface area contributed by atoms with Crippen LogP contribution in [0.25, 0.3) is 11.3 Å². The van der Waals surface area contributed by atoms with Crippen molar-refractivity contribution < 1.29 is 13.9 Å². The summed E-state index contributed by atoms with van der Waals surface area (Å²) in [6.45, 7) is 7.37. The van der Waals surface area contributed by atoms with E-state index in [2.05, 4.69) is 27.3 Å². The molecule has 0 radical (unpaired) electrons. The molecule has 0 saturated carbocycles. The van der Waals surface area contributed by atoms with Crippen molar-refractivity contribution in [3.8, 4) is 11.3 Å². The van der Waals surface area contributed by atoms with Crippen LogP contribution in [0.1, 0.15) is 17.5 Å². The van der Waals surface area contributed by atoms with Crippen molar-refractivity contribution in [1.82, 2.24) is 19.6 Å². The average Bonchev–Trinajstić information content (AvgIpc) is 2.86. The highest BCUT2D eigenvalue weighted by molar-refractivity contribution is 5.84. The smallest absolute Gasteiger partial charge is 0.411 e. The van der Waals surface area contributed by atoms with Gasteiger partial charge in [-0.1, -0.05) is 24.3 Å². The van der Waals surface area contributed by atoms with E-state index in [0.717, 1.165) is 44.7 Å². The van der Waals surface area contributed by atoms with E-state index in [1.54, 1.807) is 43.3 Å². The fourth-order valence-corrected chi connectivity index (χ4v) is 4.07. The number of carbonyl (C=O) groups is 1. The summed E-state index contributed by atoms with van der Waals surface area (Å²) in [4.78, 5) is 29.3. The zero-order chi connectivity index (χ0) is 25.5.